The van der Waals surface area contributed by atoms with Gasteiger partial charge >= 0.3 is 24.6 Å². The SMILES string of the molecule is CC(C)(C)OC(=O)NCCCCNc1nc(NCC2CCC(CNS(=O)(=O)c3ccc(Br)cc3OC(F)(F)F)CC2)nc2ccccc12.O=C(O)C(F)(F)F. The molecule has 2 aromatic carbocycles. The van der Waals surface area contributed by atoms with Crippen LogP contribution in [0.5, 0.6) is 5.75 Å². The van der Waals surface area contributed by atoms with Crippen molar-refractivity contribution in [2.24, 2.45) is 11.8 Å². The van der Waals surface area contributed by atoms with Crippen LogP contribution in [0.1, 0.15) is 59.3 Å². The highest BCUT2D eigenvalue weighted by molar-refractivity contribution is 9.10. The number of carboxylic acids is 1. The van der Waals surface area contributed by atoms with Gasteiger partial charge < -0.3 is 30.5 Å². The average molecular weight is 874 g/mol. The van der Waals surface area contributed by atoms with Gasteiger partial charge in [-0.25, -0.2) is 27.7 Å². The summed E-state index contributed by atoms with van der Waals surface area (Å²) in [6, 6.07) is 11.1. The number of aliphatic carboxylic acids is 1. The number of carbonyl (C=O) groups is 2. The lowest BCUT2D eigenvalue weighted by Gasteiger charge is -2.29. The molecule has 1 aromatic heterocycles. The first-order valence-electron chi connectivity index (χ1n) is 17.1. The number of fused-ring (bicyclic) bond motifs is 1. The summed E-state index contributed by atoms with van der Waals surface area (Å²) in [5.74, 6) is -1.96. The van der Waals surface area contributed by atoms with Gasteiger partial charge in [-0.15, -0.1) is 13.2 Å². The summed E-state index contributed by atoms with van der Waals surface area (Å²) < 4.78 is 108. The van der Waals surface area contributed by atoms with Crippen molar-refractivity contribution >= 4 is 60.7 Å². The Balaban J connectivity index is 0.00000106. The predicted octanol–water partition coefficient (Wildman–Crippen LogP) is 7.84. The van der Waals surface area contributed by atoms with E-state index < -0.39 is 50.9 Å². The molecule has 0 saturated heterocycles. The smallest absolute Gasteiger partial charge is 0.475 e. The highest BCUT2D eigenvalue weighted by atomic mass is 79.9. The van der Waals surface area contributed by atoms with E-state index in [1.807, 2.05) is 45.0 Å². The molecule has 5 N–H and O–H groups in total. The quantitative estimate of drug-likeness (QED) is 0.0787. The highest BCUT2D eigenvalue weighted by Gasteiger charge is 2.38. The lowest BCUT2D eigenvalue weighted by Crippen LogP contribution is -2.33. The van der Waals surface area contributed by atoms with Gasteiger partial charge in [-0.3, -0.25) is 0 Å². The fourth-order valence-electron chi connectivity index (χ4n) is 5.34. The van der Waals surface area contributed by atoms with Crippen molar-refractivity contribution in [2.75, 3.05) is 36.8 Å². The second kappa shape index (κ2) is 19.7. The zero-order chi connectivity index (χ0) is 41.0. The van der Waals surface area contributed by atoms with E-state index in [2.05, 4.69) is 46.3 Å². The number of hydrogen-bond donors (Lipinski definition) is 5. The van der Waals surface area contributed by atoms with Crippen molar-refractivity contribution < 1.29 is 58.9 Å². The Kier molecular flexibility index (Phi) is 16.2. The molecule has 1 aliphatic carbocycles. The number of ether oxygens (including phenoxy) is 2. The normalized spacial score (nSPS) is 16.4. The van der Waals surface area contributed by atoms with Crippen LogP contribution in [0.4, 0.5) is 42.9 Å². The van der Waals surface area contributed by atoms with E-state index in [0.717, 1.165) is 61.6 Å². The highest BCUT2D eigenvalue weighted by Crippen LogP contribution is 2.33. The van der Waals surface area contributed by atoms with Crippen LogP contribution in [0.25, 0.3) is 10.9 Å². The van der Waals surface area contributed by atoms with Gasteiger partial charge in [0.25, 0.3) is 0 Å². The Morgan fingerprint density at radius 3 is 2.09 bits per heavy atom. The van der Waals surface area contributed by atoms with Crippen LogP contribution < -0.4 is 25.4 Å². The Morgan fingerprint density at radius 1 is 0.891 bits per heavy atom. The van der Waals surface area contributed by atoms with Gasteiger partial charge in [-0.2, -0.15) is 18.2 Å². The Labute approximate surface area is 322 Å². The maximum absolute atomic E-state index is 12.9. The number of nitrogens with one attached hydrogen (secondary N) is 4. The van der Waals surface area contributed by atoms with Crippen LogP contribution in [0.2, 0.25) is 0 Å². The third-order valence-electron chi connectivity index (χ3n) is 7.91. The van der Waals surface area contributed by atoms with Gasteiger partial charge in [0.2, 0.25) is 16.0 Å². The van der Waals surface area contributed by atoms with Crippen molar-refractivity contribution in [1.82, 2.24) is 20.0 Å². The Hall–Kier alpha value is -4.11. The van der Waals surface area contributed by atoms with Crippen LogP contribution in [0.15, 0.2) is 51.8 Å². The molecule has 55 heavy (non-hydrogen) atoms. The van der Waals surface area contributed by atoms with Crippen molar-refractivity contribution in [2.45, 2.75) is 82.3 Å². The molecule has 1 amide bonds. The van der Waals surface area contributed by atoms with E-state index in [9.17, 15) is 39.6 Å². The number of hydrogen-bond acceptors (Lipinski definition) is 10. The summed E-state index contributed by atoms with van der Waals surface area (Å²) in [5, 5.41) is 17.6. The van der Waals surface area contributed by atoms with Crippen molar-refractivity contribution in [3.63, 3.8) is 0 Å². The molecule has 0 radical (unpaired) electrons. The molecule has 1 heterocycles. The molecular formula is C34H43BrF6N6O7S. The van der Waals surface area contributed by atoms with E-state index in [1.54, 1.807) is 0 Å². The summed E-state index contributed by atoms with van der Waals surface area (Å²) in [6.45, 7) is 7.38. The summed E-state index contributed by atoms with van der Waals surface area (Å²) >= 11 is 3.05. The number of unbranched alkanes of at least 4 members (excludes halogenated alkanes) is 1. The van der Waals surface area contributed by atoms with Gasteiger partial charge in [0, 0.05) is 36.0 Å². The number of amides is 1. The van der Waals surface area contributed by atoms with E-state index >= 15 is 0 Å². The minimum Gasteiger partial charge on any atom is -0.475 e. The molecule has 13 nitrogen and oxygen atoms in total. The number of sulfonamides is 1. The second-order valence-corrected chi connectivity index (χ2v) is 16.2. The van der Waals surface area contributed by atoms with E-state index in [-0.39, 0.29) is 16.9 Å². The first kappa shape index (κ1) is 45.3. The minimum atomic E-state index is -5.08. The summed E-state index contributed by atoms with van der Waals surface area (Å²) in [4.78, 5) is 29.6. The van der Waals surface area contributed by atoms with Crippen LogP contribution >= 0.6 is 15.9 Å². The lowest BCUT2D eigenvalue weighted by molar-refractivity contribution is -0.275. The molecule has 0 atom stereocenters. The van der Waals surface area contributed by atoms with Crippen molar-refractivity contribution in [3.8, 4) is 5.75 Å². The van der Waals surface area contributed by atoms with Crippen molar-refractivity contribution in [3.05, 3.63) is 46.9 Å². The number of alkyl halides is 6. The zero-order valence-electron chi connectivity index (χ0n) is 30.1. The molecule has 0 unspecified atom stereocenters. The number of rotatable bonds is 14. The van der Waals surface area contributed by atoms with Crippen LogP contribution in [-0.2, 0) is 19.6 Å². The maximum Gasteiger partial charge on any atom is 0.573 e. The topological polar surface area (TPSA) is 181 Å². The van der Waals surface area contributed by atoms with Crippen LogP contribution in [-0.4, -0.2) is 79.9 Å². The predicted molar refractivity (Wildman–Crippen MR) is 195 cm³/mol. The number of nitrogens with zero attached hydrogens (tertiary/aromatic N) is 2. The minimum absolute atomic E-state index is 0.0468. The van der Waals surface area contributed by atoms with Crippen LogP contribution in [0.3, 0.4) is 0 Å². The molecule has 306 valence electrons. The van der Waals surface area contributed by atoms with Gasteiger partial charge in [0.15, 0.2) is 5.75 Å². The van der Waals surface area contributed by atoms with Gasteiger partial charge in [0.05, 0.1) is 5.52 Å². The molecule has 1 aliphatic rings. The standard InChI is InChI=1S/C32H42BrF3N6O5S.C2HF3O2/c1-31(2,3)47-30(43)38-17-7-6-16-37-28-24-8-4-5-9-25(24)41-29(42-28)39-19-21-10-12-22(13-11-21)20-40-48(44,45)27-15-14-23(33)18-26(27)46-32(34,35)36;3-2(4,5)1(6)7/h4-5,8-9,14-15,18,21-22,40H,6-7,10-13,16-17,19-20H2,1-3H3,(H,38,43)(H2,37,39,41,42);(H,6,7). The molecule has 1 saturated carbocycles. The third kappa shape index (κ3) is 16.3. The van der Waals surface area contributed by atoms with Gasteiger partial charge in [-0.05, 0) is 101 Å². The molecule has 0 aliphatic heterocycles. The summed E-state index contributed by atoms with van der Waals surface area (Å²) in [7, 11) is -4.23. The van der Waals surface area contributed by atoms with Gasteiger partial charge in [-0.1, -0.05) is 28.1 Å². The molecule has 3 aromatic rings. The largest absolute Gasteiger partial charge is 0.573 e. The summed E-state index contributed by atoms with van der Waals surface area (Å²) in [6.07, 6.45) is -5.77. The molecule has 21 heteroatoms. The number of para-hydroxylation sites is 1. The second-order valence-electron chi connectivity index (χ2n) is 13.5. The number of halogens is 7. The number of anilines is 2. The first-order chi connectivity index (χ1) is 25.5. The Bertz CT molecular complexity index is 1850. The van der Waals surface area contributed by atoms with E-state index in [4.69, 9.17) is 19.6 Å². The molecular weight excluding hydrogens is 830 g/mol. The average Bonchev–Trinajstić information content (AvgIpc) is 3.06. The Morgan fingerprint density at radius 2 is 1.49 bits per heavy atom. The first-order valence-corrected chi connectivity index (χ1v) is 19.4. The molecule has 0 spiro atoms. The summed E-state index contributed by atoms with van der Waals surface area (Å²) in [5.41, 5.74) is 0.262. The maximum atomic E-state index is 12.9. The molecule has 4 rings (SSSR count). The molecule has 0 bridgehead atoms. The van der Waals surface area contributed by atoms with E-state index in [0.29, 0.717) is 37.3 Å². The fourth-order valence-corrected chi connectivity index (χ4v) is 6.90. The molecule has 1 fully saturated rings. The number of benzene rings is 2. The number of alkyl carbamates (subject to hydrolysis) is 1. The zero-order valence-corrected chi connectivity index (χ0v) is 32.5. The fraction of sp³-hybridized carbons (Fsp3) is 0.529. The lowest BCUT2D eigenvalue weighted by atomic mass is 9.82. The monoisotopic (exact) mass is 872 g/mol. The van der Waals surface area contributed by atoms with Crippen molar-refractivity contribution in [1.29, 1.82) is 0 Å². The number of carboxylic acid groups (broad SMARTS) is 1. The number of carbonyl (C=O) groups excluding carboxylic acids is 1. The number of aromatic nitrogens is 2. The van der Waals surface area contributed by atoms with E-state index in [1.165, 1.54) is 6.07 Å². The third-order valence-corrected chi connectivity index (χ3v) is 9.86. The van der Waals surface area contributed by atoms with Crippen LogP contribution in [0, 0.1) is 11.8 Å². The van der Waals surface area contributed by atoms with Gasteiger partial charge in [0.1, 0.15) is 16.3 Å².